The lowest BCUT2D eigenvalue weighted by Gasteiger charge is -2.14. The van der Waals surface area contributed by atoms with Crippen molar-refractivity contribution in [3.8, 4) is 0 Å². The fraction of sp³-hybridized carbons (Fsp3) is 0.818. The van der Waals surface area contributed by atoms with Crippen LogP contribution in [-0.4, -0.2) is 29.3 Å². The third-order valence-corrected chi connectivity index (χ3v) is 3.36. The fourth-order valence-corrected chi connectivity index (χ4v) is 2.31. The van der Waals surface area contributed by atoms with Gasteiger partial charge in [-0.2, -0.15) is 4.98 Å². The number of hydrogen-bond donors (Lipinski definition) is 1. The van der Waals surface area contributed by atoms with Gasteiger partial charge in [0.2, 0.25) is 5.89 Å². The van der Waals surface area contributed by atoms with Crippen LogP contribution in [0, 0.1) is 0 Å². The number of anilines is 1. The molecule has 2 rings (SSSR count). The summed E-state index contributed by atoms with van der Waals surface area (Å²) in [6.45, 7) is 5.96. The van der Waals surface area contributed by atoms with E-state index < -0.39 is 0 Å². The van der Waals surface area contributed by atoms with Crippen LogP contribution in [0.3, 0.4) is 0 Å². The quantitative estimate of drug-likeness (QED) is 0.839. The van der Waals surface area contributed by atoms with Crippen LogP contribution in [0.4, 0.5) is 5.95 Å². The van der Waals surface area contributed by atoms with Gasteiger partial charge in [0.15, 0.2) is 0 Å². The molecule has 0 bridgehead atoms. The molecule has 0 aromatic carbocycles. The molecule has 2 N–H and O–H groups in total. The van der Waals surface area contributed by atoms with Crippen LogP contribution in [0.2, 0.25) is 0 Å². The lowest BCUT2D eigenvalue weighted by Crippen LogP contribution is -2.24. The Kier molecular flexibility index (Phi) is 3.43. The van der Waals surface area contributed by atoms with Crippen LogP contribution in [0.15, 0.2) is 4.52 Å². The Bertz CT molecular complexity index is 334. The zero-order valence-electron chi connectivity index (χ0n) is 10.0. The van der Waals surface area contributed by atoms with Gasteiger partial charge in [0.1, 0.15) is 0 Å². The first-order valence-corrected chi connectivity index (χ1v) is 6.10. The summed E-state index contributed by atoms with van der Waals surface area (Å²) < 4.78 is 5.32. The topological polar surface area (TPSA) is 68.2 Å². The molecule has 5 heteroatoms. The summed E-state index contributed by atoms with van der Waals surface area (Å²) in [6.07, 6.45) is 3.30. The molecule has 0 aliphatic heterocycles. The molecule has 1 saturated carbocycles. The monoisotopic (exact) mass is 224 g/mol. The molecule has 2 unspecified atom stereocenters. The van der Waals surface area contributed by atoms with Gasteiger partial charge in [0, 0.05) is 19.1 Å². The molecular formula is C11H20N4O. The molecule has 1 aromatic rings. The zero-order chi connectivity index (χ0) is 11.5. The van der Waals surface area contributed by atoms with Gasteiger partial charge in [-0.3, -0.25) is 0 Å². The van der Waals surface area contributed by atoms with E-state index in [1.54, 1.807) is 0 Å². The summed E-state index contributed by atoms with van der Waals surface area (Å²) in [6, 6.07) is 0.185. The molecule has 90 valence electrons. The normalized spacial score (nSPS) is 24.9. The maximum Gasteiger partial charge on any atom is 0.266 e. The van der Waals surface area contributed by atoms with E-state index in [-0.39, 0.29) is 12.0 Å². The number of nitrogens with zero attached hydrogens (tertiary/aromatic N) is 3. The third kappa shape index (κ3) is 2.04. The largest absolute Gasteiger partial charge is 0.339 e. The van der Waals surface area contributed by atoms with Crippen LogP contribution in [0.1, 0.15) is 44.9 Å². The van der Waals surface area contributed by atoms with E-state index >= 15 is 0 Å². The maximum atomic E-state index is 6.02. The van der Waals surface area contributed by atoms with Gasteiger partial charge in [-0.15, -0.1) is 0 Å². The fourth-order valence-electron chi connectivity index (χ4n) is 2.31. The summed E-state index contributed by atoms with van der Waals surface area (Å²) in [4.78, 5) is 6.53. The van der Waals surface area contributed by atoms with Gasteiger partial charge in [-0.25, -0.2) is 0 Å². The number of nitrogens with two attached hydrogens (primary N) is 1. The van der Waals surface area contributed by atoms with Gasteiger partial charge in [-0.1, -0.05) is 6.42 Å². The standard InChI is InChI=1S/C11H20N4O/c1-3-15(4-2)11-13-10(16-14-11)8-6-5-7-9(8)12/h8-9H,3-7,12H2,1-2H3. The molecule has 1 aromatic heterocycles. The van der Waals surface area contributed by atoms with E-state index in [1.807, 2.05) is 0 Å². The van der Waals surface area contributed by atoms with Gasteiger partial charge >= 0.3 is 0 Å². The Morgan fingerprint density at radius 3 is 2.69 bits per heavy atom. The highest BCUT2D eigenvalue weighted by Crippen LogP contribution is 2.32. The molecular weight excluding hydrogens is 204 g/mol. The first kappa shape index (κ1) is 11.4. The molecule has 0 radical (unpaired) electrons. The van der Waals surface area contributed by atoms with E-state index in [1.165, 1.54) is 0 Å². The van der Waals surface area contributed by atoms with Crippen molar-refractivity contribution in [2.45, 2.75) is 45.1 Å². The van der Waals surface area contributed by atoms with Crippen LogP contribution >= 0.6 is 0 Å². The number of hydrogen-bond acceptors (Lipinski definition) is 5. The summed E-state index contributed by atoms with van der Waals surface area (Å²) in [5.41, 5.74) is 6.02. The van der Waals surface area contributed by atoms with Crippen molar-refractivity contribution in [1.29, 1.82) is 0 Å². The minimum Gasteiger partial charge on any atom is -0.339 e. The molecule has 1 aliphatic carbocycles. The van der Waals surface area contributed by atoms with Gasteiger partial charge < -0.3 is 15.2 Å². The minimum atomic E-state index is 0.185. The van der Waals surface area contributed by atoms with Crippen LogP contribution in [-0.2, 0) is 0 Å². The molecule has 5 nitrogen and oxygen atoms in total. The van der Waals surface area contributed by atoms with E-state index in [9.17, 15) is 0 Å². The van der Waals surface area contributed by atoms with E-state index in [2.05, 4.69) is 28.9 Å². The lowest BCUT2D eigenvalue weighted by atomic mass is 10.1. The van der Waals surface area contributed by atoms with Gasteiger partial charge in [0.25, 0.3) is 5.95 Å². The Balaban J connectivity index is 2.12. The maximum absolute atomic E-state index is 6.02. The molecule has 16 heavy (non-hydrogen) atoms. The Morgan fingerprint density at radius 2 is 2.12 bits per heavy atom. The summed E-state index contributed by atoms with van der Waals surface area (Å²) in [5.74, 6) is 1.67. The Labute approximate surface area is 96.0 Å². The predicted molar refractivity (Wildman–Crippen MR) is 62.4 cm³/mol. The molecule has 1 aliphatic rings. The second-order valence-corrected chi connectivity index (χ2v) is 4.31. The smallest absolute Gasteiger partial charge is 0.266 e. The summed E-state index contributed by atoms with van der Waals surface area (Å²) in [5, 5.41) is 4.02. The van der Waals surface area contributed by atoms with Crippen molar-refractivity contribution in [2.24, 2.45) is 5.73 Å². The molecule has 0 spiro atoms. The van der Waals surface area contributed by atoms with Crippen molar-refractivity contribution >= 4 is 5.95 Å². The molecule has 1 fully saturated rings. The van der Waals surface area contributed by atoms with Crippen molar-refractivity contribution in [1.82, 2.24) is 10.1 Å². The Hall–Kier alpha value is -1.10. The third-order valence-electron chi connectivity index (χ3n) is 3.36. The van der Waals surface area contributed by atoms with Crippen molar-refractivity contribution in [3.63, 3.8) is 0 Å². The van der Waals surface area contributed by atoms with E-state index in [0.29, 0.717) is 11.8 Å². The molecule has 0 saturated heterocycles. The molecule has 2 atom stereocenters. The van der Waals surface area contributed by atoms with Crippen molar-refractivity contribution < 1.29 is 4.52 Å². The van der Waals surface area contributed by atoms with Gasteiger partial charge in [0.05, 0.1) is 5.92 Å². The first-order chi connectivity index (χ1) is 7.76. The molecule has 1 heterocycles. The minimum absolute atomic E-state index is 0.185. The van der Waals surface area contributed by atoms with Crippen LogP contribution < -0.4 is 10.6 Å². The predicted octanol–water partition coefficient (Wildman–Crippen LogP) is 1.51. The van der Waals surface area contributed by atoms with Crippen molar-refractivity contribution in [3.05, 3.63) is 5.89 Å². The van der Waals surface area contributed by atoms with Crippen LogP contribution in [0.25, 0.3) is 0 Å². The van der Waals surface area contributed by atoms with Crippen LogP contribution in [0.5, 0.6) is 0 Å². The summed E-state index contributed by atoms with van der Waals surface area (Å²) in [7, 11) is 0. The van der Waals surface area contributed by atoms with Gasteiger partial charge in [-0.05, 0) is 31.8 Å². The van der Waals surface area contributed by atoms with Crippen molar-refractivity contribution in [2.75, 3.05) is 18.0 Å². The lowest BCUT2D eigenvalue weighted by molar-refractivity contribution is 0.344. The SMILES string of the molecule is CCN(CC)c1noc(C2CCCC2N)n1. The second-order valence-electron chi connectivity index (χ2n) is 4.31. The highest BCUT2D eigenvalue weighted by atomic mass is 16.5. The summed E-state index contributed by atoms with van der Waals surface area (Å²) >= 11 is 0. The average Bonchev–Trinajstić information content (AvgIpc) is 2.89. The highest BCUT2D eigenvalue weighted by Gasteiger charge is 2.30. The highest BCUT2D eigenvalue weighted by molar-refractivity contribution is 5.27. The zero-order valence-corrected chi connectivity index (χ0v) is 10.0. The number of aromatic nitrogens is 2. The Morgan fingerprint density at radius 1 is 1.38 bits per heavy atom. The average molecular weight is 224 g/mol. The molecule has 0 amide bonds. The first-order valence-electron chi connectivity index (χ1n) is 6.10. The number of rotatable bonds is 4. The van der Waals surface area contributed by atoms with E-state index in [0.717, 1.165) is 32.4 Å². The second kappa shape index (κ2) is 4.82. The van der Waals surface area contributed by atoms with E-state index in [4.69, 9.17) is 10.3 Å².